The van der Waals surface area contributed by atoms with Crippen molar-refractivity contribution in [3.8, 4) is 0 Å². The van der Waals surface area contributed by atoms with Crippen molar-refractivity contribution < 1.29 is 0 Å². The van der Waals surface area contributed by atoms with Gasteiger partial charge >= 0.3 is 0 Å². The first-order chi connectivity index (χ1) is 14.8. The van der Waals surface area contributed by atoms with Gasteiger partial charge in [0.15, 0.2) is 0 Å². The molecule has 3 heteroatoms. The molecule has 0 spiro atoms. The van der Waals surface area contributed by atoms with E-state index in [1.165, 1.54) is 16.8 Å². The summed E-state index contributed by atoms with van der Waals surface area (Å²) in [6.45, 7) is 10.0. The summed E-state index contributed by atoms with van der Waals surface area (Å²) in [7, 11) is -3.27. The molecule has 162 valence electrons. The lowest BCUT2D eigenvalue weighted by molar-refractivity contribution is 0.835. The van der Waals surface area contributed by atoms with Crippen LogP contribution in [0.5, 0.6) is 0 Å². The number of benzene rings is 3. The molecule has 0 aliphatic carbocycles. The quantitative estimate of drug-likeness (QED) is 0.214. The number of aryl methyl sites for hydroxylation is 1. The third-order valence-electron chi connectivity index (χ3n) is 6.20. The third kappa shape index (κ3) is 6.90. The van der Waals surface area contributed by atoms with Gasteiger partial charge in [0.25, 0.3) is 0 Å². The molecule has 0 bridgehead atoms. The van der Waals surface area contributed by atoms with E-state index in [-0.39, 0.29) is 0 Å². The van der Waals surface area contributed by atoms with Crippen LogP contribution in [0.4, 0.5) is 0 Å². The molecular formula is C28H35BrSi2. The van der Waals surface area contributed by atoms with Gasteiger partial charge in [-0.05, 0) is 24.4 Å². The molecular weight excluding hydrogens is 472 g/mol. The number of halogens is 1. The van der Waals surface area contributed by atoms with Crippen LogP contribution in [0, 0.1) is 0 Å². The normalized spacial score (nSPS) is 13.8. The molecule has 0 aliphatic rings. The van der Waals surface area contributed by atoms with Crippen LogP contribution in [0.15, 0.2) is 102 Å². The predicted molar refractivity (Wildman–Crippen MR) is 147 cm³/mol. The predicted octanol–water partition coefficient (Wildman–Crippen LogP) is 7.08. The van der Waals surface area contributed by atoms with Gasteiger partial charge in [0.05, 0.1) is 8.07 Å². The van der Waals surface area contributed by atoms with E-state index in [0.29, 0.717) is 4.83 Å². The zero-order valence-electron chi connectivity index (χ0n) is 19.3. The van der Waals surface area contributed by atoms with Crippen molar-refractivity contribution in [1.82, 2.24) is 0 Å². The summed E-state index contributed by atoms with van der Waals surface area (Å²) >= 11 is 4.13. The van der Waals surface area contributed by atoms with Gasteiger partial charge in [0.1, 0.15) is 8.07 Å². The van der Waals surface area contributed by atoms with Gasteiger partial charge in [-0.15, -0.1) is 0 Å². The monoisotopic (exact) mass is 506 g/mol. The third-order valence-corrected chi connectivity index (χ3v) is 13.3. The van der Waals surface area contributed by atoms with E-state index < -0.39 is 16.1 Å². The Morgan fingerprint density at radius 1 is 0.742 bits per heavy atom. The van der Waals surface area contributed by atoms with Gasteiger partial charge in [-0.3, -0.25) is 0 Å². The van der Waals surface area contributed by atoms with Gasteiger partial charge in [-0.2, -0.15) is 0 Å². The maximum Gasteiger partial charge on any atom is 0.104 e. The smallest absolute Gasteiger partial charge is 0.0902 e. The molecule has 0 aromatic heterocycles. The Kier molecular flexibility index (Phi) is 8.32. The molecule has 0 nitrogen and oxygen atoms in total. The number of hydrogen-bond donors (Lipinski definition) is 0. The summed E-state index contributed by atoms with van der Waals surface area (Å²) in [5, 5.41) is 3.05. The molecule has 0 heterocycles. The lowest BCUT2D eigenvalue weighted by Crippen LogP contribution is -2.44. The minimum atomic E-state index is -1.68. The number of allylic oxidation sites excluding steroid dienone is 1. The largest absolute Gasteiger partial charge is 0.104 e. The number of rotatable bonds is 9. The molecule has 31 heavy (non-hydrogen) atoms. The number of hydrogen-bond acceptors (Lipinski definition) is 0. The lowest BCUT2D eigenvalue weighted by Gasteiger charge is -2.30. The fraction of sp³-hybridized carbons (Fsp3) is 0.286. The van der Waals surface area contributed by atoms with E-state index in [1.54, 1.807) is 10.8 Å². The molecule has 0 amide bonds. The maximum atomic E-state index is 4.13. The van der Waals surface area contributed by atoms with Crippen molar-refractivity contribution in [2.45, 2.75) is 49.9 Å². The summed E-state index contributed by atoms with van der Waals surface area (Å²) < 4.78 is 0. The molecule has 1 atom stereocenters. The van der Waals surface area contributed by atoms with Crippen LogP contribution in [0.25, 0.3) is 0 Å². The van der Waals surface area contributed by atoms with Crippen LogP contribution in [-0.2, 0) is 6.42 Å². The highest BCUT2D eigenvalue weighted by atomic mass is 79.9. The zero-order chi connectivity index (χ0) is 22.3. The molecule has 0 saturated carbocycles. The topological polar surface area (TPSA) is 0 Å². The van der Waals surface area contributed by atoms with E-state index >= 15 is 0 Å². The first-order valence-corrected chi connectivity index (χ1v) is 18.5. The molecule has 0 aliphatic heterocycles. The van der Waals surface area contributed by atoms with Crippen LogP contribution in [-0.4, -0.2) is 21.0 Å². The van der Waals surface area contributed by atoms with Crippen molar-refractivity contribution in [2.75, 3.05) is 0 Å². The van der Waals surface area contributed by atoms with Gasteiger partial charge in [0, 0.05) is 4.83 Å². The highest BCUT2D eigenvalue weighted by Crippen LogP contribution is 2.29. The summed E-state index contributed by atoms with van der Waals surface area (Å²) in [4.78, 5) is 0.415. The SMILES string of the molecule is C[Si](C)(/C=C(/C[Si](C)(C)c1ccccc1)C(Br)CCc1ccccc1)c1ccccc1. The Hall–Kier alpha value is -1.69. The van der Waals surface area contributed by atoms with E-state index in [0.717, 1.165) is 12.8 Å². The molecule has 1 unspecified atom stereocenters. The fourth-order valence-corrected chi connectivity index (χ4v) is 10.7. The van der Waals surface area contributed by atoms with E-state index in [9.17, 15) is 0 Å². The molecule has 0 fully saturated rings. The van der Waals surface area contributed by atoms with E-state index in [2.05, 4.69) is 139 Å². The second-order valence-corrected chi connectivity index (χ2v) is 19.8. The van der Waals surface area contributed by atoms with Gasteiger partial charge in [-0.1, -0.05) is 155 Å². The Labute approximate surface area is 199 Å². The van der Waals surface area contributed by atoms with Crippen molar-refractivity contribution in [3.63, 3.8) is 0 Å². The first-order valence-electron chi connectivity index (χ1n) is 11.3. The van der Waals surface area contributed by atoms with Gasteiger partial charge < -0.3 is 0 Å². The minimum Gasteiger partial charge on any atom is -0.0902 e. The van der Waals surface area contributed by atoms with Gasteiger partial charge in [0.2, 0.25) is 0 Å². The molecule has 0 radical (unpaired) electrons. The summed E-state index contributed by atoms with van der Waals surface area (Å²) in [6, 6.07) is 34.4. The van der Waals surface area contributed by atoms with Crippen LogP contribution >= 0.6 is 15.9 Å². The average Bonchev–Trinajstić information content (AvgIpc) is 2.78. The lowest BCUT2D eigenvalue weighted by atomic mass is 10.1. The fourth-order valence-electron chi connectivity index (χ4n) is 4.29. The molecule has 3 rings (SSSR count). The highest BCUT2D eigenvalue weighted by molar-refractivity contribution is 9.09. The Morgan fingerprint density at radius 2 is 1.23 bits per heavy atom. The van der Waals surface area contributed by atoms with Crippen molar-refractivity contribution in [1.29, 1.82) is 0 Å². The number of alkyl halides is 1. The standard InChI is InChI=1S/C28H35BrSi2/c1-30(2,26-16-10-6-11-17-26)22-25(23-31(3,4)27-18-12-7-13-19-27)28(29)21-20-24-14-8-5-9-15-24/h5-19,22,28H,20-21,23H2,1-4H3/b25-22-. The Balaban J connectivity index is 1.89. The summed E-state index contributed by atoms with van der Waals surface area (Å²) in [6.07, 6.45) is 2.24. The van der Waals surface area contributed by atoms with E-state index in [1.807, 2.05) is 0 Å². The van der Waals surface area contributed by atoms with Crippen molar-refractivity contribution in [3.05, 3.63) is 108 Å². The molecule has 3 aromatic carbocycles. The maximum absolute atomic E-state index is 4.13. The van der Waals surface area contributed by atoms with Crippen LogP contribution in [0.3, 0.4) is 0 Å². The van der Waals surface area contributed by atoms with Gasteiger partial charge in [-0.25, -0.2) is 0 Å². The molecule has 3 aromatic rings. The zero-order valence-corrected chi connectivity index (χ0v) is 22.9. The summed E-state index contributed by atoms with van der Waals surface area (Å²) in [5.74, 6) is 0. The second kappa shape index (κ2) is 10.8. The summed E-state index contributed by atoms with van der Waals surface area (Å²) in [5.41, 5.74) is 5.71. The second-order valence-electron chi connectivity index (χ2n) is 9.73. The highest BCUT2D eigenvalue weighted by Gasteiger charge is 2.30. The van der Waals surface area contributed by atoms with Crippen LogP contribution in [0.1, 0.15) is 12.0 Å². The molecule has 0 N–H and O–H groups in total. The van der Waals surface area contributed by atoms with Crippen molar-refractivity contribution in [2.24, 2.45) is 0 Å². The van der Waals surface area contributed by atoms with Crippen LogP contribution < -0.4 is 10.4 Å². The Morgan fingerprint density at radius 3 is 1.77 bits per heavy atom. The van der Waals surface area contributed by atoms with Crippen LogP contribution in [0.2, 0.25) is 32.2 Å². The van der Waals surface area contributed by atoms with Crippen molar-refractivity contribution >= 4 is 42.5 Å². The molecule has 0 saturated heterocycles. The minimum absolute atomic E-state index is 0.415. The first kappa shape index (κ1) is 24.0. The Bertz CT molecular complexity index is 964. The van der Waals surface area contributed by atoms with E-state index in [4.69, 9.17) is 0 Å². The average molecular weight is 508 g/mol.